The number of carbonyl (C=O) groups is 2. The molecular formula is C20H18ClNO2S. The van der Waals surface area contributed by atoms with Crippen molar-refractivity contribution >= 4 is 46.4 Å². The highest BCUT2D eigenvalue weighted by atomic mass is 35.5. The predicted octanol–water partition coefficient (Wildman–Crippen LogP) is 5.07. The molecule has 0 unspecified atom stereocenters. The number of rotatable bonds is 4. The van der Waals surface area contributed by atoms with E-state index in [0.717, 1.165) is 5.56 Å². The molecule has 0 aliphatic carbocycles. The minimum absolute atomic E-state index is 0.187. The lowest BCUT2D eigenvalue weighted by Crippen LogP contribution is -2.31. The van der Waals surface area contributed by atoms with Crippen molar-refractivity contribution in [2.24, 2.45) is 0 Å². The summed E-state index contributed by atoms with van der Waals surface area (Å²) in [4.78, 5) is 27.9. The van der Waals surface area contributed by atoms with Gasteiger partial charge in [0.25, 0.3) is 11.8 Å². The molecule has 0 bridgehead atoms. The van der Waals surface area contributed by atoms with E-state index in [2.05, 4.69) is 0 Å². The zero-order chi connectivity index (χ0) is 18.1. The van der Waals surface area contributed by atoms with Gasteiger partial charge in [-0.15, -0.1) is 11.8 Å². The molecule has 0 spiro atoms. The summed E-state index contributed by atoms with van der Waals surface area (Å²) in [6.45, 7) is 5.94. The summed E-state index contributed by atoms with van der Waals surface area (Å²) in [5.74, 6) is -0.555. The minimum Gasteiger partial charge on any atom is -0.268 e. The Morgan fingerprint density at radius 3 is 2.28 bits per heavy atom. The van der Waals surface area contributed by atoms with E-state index in [4.69, 9.17) is 11.6 Å². The van der Waals surface area contributed by atoms with Crippen molar-refractivity contribution in [3.05, 3.63) is 69.6 Å². The van der Waals surface area contributed by atoms with Crippen LogP contribution >= 0.6 is 23.4 Å². The second-order valence-electron chi connectivity index (χ2n) is 6.16. The summed E-state index contributed by atoms with van der Waals surface area (Å²) in [6.07, 6.45) is 0. The number of hydrogen-bond acceptors (Lipinski definition) is 3. The molecule has 1 aliphatic rings. The zero-order valence-corrected chi connectivity index (χ0v) is 15.8. The highest BCUT2D eigenvalue weighted by Crippen LogP contribution is 2.40. The molecule has 0 saturated carbocycles. The molecule has 0 radical (unpaired) electrons. The van der Waals surface area contributed by atoms with Crippen LogP contribution in [0.1, 0.15) is 25.0 Å². The van der Waals surface area contributed by atoms with Gasteiger partial charge in [-0.2, -0.15) is 0 Å². The largest absolute Gasteiger partial charge is 0.272 e. The average Bonchev–Trinajstić information content (AvgIpc) is 2.78. The molecule has 0 N–H and O–H groups in total. The molecule has 5 heteroatoms. The van der Waals surface area contributed by atoms with E-state index in [1.807, 2.05) is 39.0 Å². The van der Waals surface area contributed by atoms with Gasteiger partial charge in [0.2, 0.25) is 0 Å². The second-order valence-corrected chi connectivity index (χ2v) is 8.19. The molecule has 2 aromatic carbocycles. The number of aryl methyl sites for hydroxylation is 1. The normalized spacial score (nSPS) is 14.8. The van der Waals surface area contributed by atoms with Gasteiger partial charge < -0.3 is 0 Å². The monoisotopic (exact) mass is 371 g/mol. The van der Waals surface area contributed by atoms with Gasteiger partial charge in [0.05, 0.1) is 16.2 Å². The molecule has 128 valence electrons. The number of thioether (sulfide) groups is 1. The van der Waals surface area contributed by atoms with E-state index in [-0.39, 0.29) is 17.1 Å². The van der Waals surface area contributed by atoms with Gasteiger partial charge in [-0.1, -0.05) is 49.7 Å². The summed E-state index contributed by atoms with van der Waals surface area (Å²) in [6, 6.07) is 14.4. The van der Waals surface area contributed by atoms with Crippen LogP contribution in [0.25, 0.3) is 5.57 Å². The molecule has 2 amide bonds. The van der Waals surface area contributed by atoms with Crippen LogP contribution in [0.15, 0.2) is 53.4 Å². The third-order valence-electron chi connectivity index (χ3n) is 3.79. The Labute approximate surface area is 156 Å². The Kier molecular flexibility index (Phi) is 5.02. The van der Waals surface area contributed by atoms with Crippen molar-refractivity contribution in [2.45, 2.75) is 26.0 Å². The van der Waals surface area contributed by atoms with Gasteiger partial charge in [-0.25, -0.2) is 4.90 Å². The predicted molar refractivity (Wildman–Crippen MR) is 105 cm³/mol. The Morgan fingerprint density at radius 2 is 1.68 bits per heavy atom. The third-order valence-corrected chi connectivity index (χ3v) is 5.13. The van der Waals surface area contributed by atoms with Crippen LogP contribution in [0.3, 0.4) is 0 Å². The van der Waals surface area contributed by atoms with Crippen LogP contribution in [0, 0.1) is 6.92 Å². The van der Waals surface area contributed by atoms with Crippen LogP contribution in [0.5, 0.6) is 0 Å². The Balaban J connectivity index is 2.11. The fourth-order valence-electron chi connectivity index (χ4n) is 2.73. The first kappa shape index (κ1) is 17.8. The second kappa shape index (κ2) is 7.06. The fourth-order valence-corrected chi connectivity index (χ4v) is 3.84. The summed E-state index contributed by atoms with van der Waals surface area (Å²) in [5.41, 5.74) is 2.75. The number of imide groups is 1. The van der Waals surface area contributed by atoms with Gasteiger partial charge in [-0.3, -0.25) is 9.59 Å². The average molecular weight is 372 g/mol. The Bertz CT molecular complexity index is 872. The summed E-state index contributed by atoms with van der Waals surface area (Å²) >= 11 is 7.38. The van der Waals surface area contributed by atoms with Gasteiger partial charge in [0, 0.05) is 10.3 Å². The molecular weight excluding hydrogens is 354 g/mol. The van der Waals surface area contributed by atoms with Crippen LogP contribution < -0.4 is 4.90 Å². The standard InChI is InChI=1S/C20H18ClNO2S/c1-12(2)25-18-17(14-7-9-15(21)10-8-14)19(23)22(20(18)24)16-6-4-5-13(3)11-16/h4-12H,1-3H3. The maximum absolute atomic E-state index is 13.1. The first-order valence-electron chi connectivity index (χ1n) is 8.01. The van der Waals surface area contributed by atoms with Crippen molar-refractivity contribution in [3.63, 3.8) is 0 Å². The Morgan fingerprint density at radius 1 is 1.00 bits per heavy atom. The molecule has 1 aliphatic heterocycles. The number of nitrogens with zero attached hydrogens (tertiary/aromatic N) is 1. The summed E-state index contributed by atoms with van der Waals surface area (Å²) in [7, 11) is 0. The molecule has 3 rings (SSSR count). The fraction of sp³-hybridized carbons (Fsp3) is 0.200. The van der Waals surface area contributed by atoms with Gasteiger partial charge in [0.1, 0.15) is 0 Å². The first-order chi connectivity index (χ1) is 11.9. The SMILES string of the molecule is Cc1cccc(N2C(=O)C(SC(C)C)=C(c3ccc(Cl)cc3)C2=O)c1. The van der Waals surface area contributed by atoms with E-state index in [9.17, 15) is 9.59 Å². The quantitative estimate of drug-likeness (QED) is 0.704. The van der Waals surface area contributed by atoms with Crippen LogP contribution in [-0.2, 0) is 9.59 Å². The molecule has 25 heavy (non-hydrogen) atoms. The van der Waals surface area contributed by atoms with Gasteiger partial charge in [-0.05, 0) is 42.3 Å². The summed E-state index contributed by atoms with van der Waals surface area (Å²) in [5, 5.41) is 0.779. The molecule has 2 aromatic rings. The number of benzene rings is 2. The lowest BCUT2D eigenvalue weighted by molar-refractivity contribution is -0.119. The number of hydrogen-bond donors (Lipinski definition) is 0. The Hall–Kier alpha value is -2.04. The smallest absolute Gasteiger partial charge is 0.268 e. The van der Waals surface area contributed by atoms with Gasteiger partial charge >= 0.3 is 0 Å². The molecule has 0 saturated heterocycles. The van der Waals surface area contributed by atoms with E-state index in [0.29, 0.717) is 26.8 Å². The molecule has 0 atom stereocenters. The minimum atomic E-state index is -0.291. The van der Waals surface area contributed by atoms with Crippen molar-refractivity contribution in [1.82, 2.24) is 0 Å². The molecule has 0 fully saturated rings. The summed E-state index contributed by atoms with van der Waals surface area (Å²) < 4.78 is 0. The van der Waals surface area contributed by atoms with Crippen LogP contribution in [0.4, 0.5) is 5.69 Å². The van der Waals surface area contributed by atoms with E-state index in [1.165, 1.54) is 16.7 Å². The van der Waals surface area contributed by atoms with Gasteiger partial charge in [0.15, 0.2) is 0 Å². The number of halogens is 1. The van der Waals surface area contributed by atoms with E-state index >= 15 is 0 Å². The van der Waals surface area contributed by atoms with Crippen molar-refractivity contribution < 1.29 is 9.59 Å². The van der Waals surface area contributed by atoms with Crippen molar-refractivity contribution in [1.29, 1.82) is 0 Å². The highest BCUT2D eigenvalue weighted by molar-refractivity contribution is 8.04. The zero-order valence-electron chi connectivity index (χ0n) is 14.2. The molecule has 0 aromatic heterocycles. The molecule has 3 nitrogen and oxygen atoms in total. The van der Waals surface area contributed by atoms with E-state index < -0.39 is 0 Å². The van der Waals surface area contributed by atoms with Crippen molar-refractivity contribution in [2.75, 3.05) is 4.90 Å². The third kappa shape index (κ3) is 3.51. The topological polar surface area (TPSA) is 37.4 Å². The van der Waals surface area contributed by atoms with E-state index in [1.54, 1.807) is 30.3 Å². The number of anilines is 1. The number of carbonyl (C=O) groups excluding carboxylic acids is 2. The van der Waals surface area contributed by atoms with Crippen molar-refractivity contribution in [3.8, 4) is 0 Å². The lowest BCUT2D eigenvalue weighted by Gasteiger charge is -2.16. The highest BCUT2D eigenvalue weighted by Gasteiger charge is 2.40. The first-order valence-corrected chi connectivity index (χ1v) is 9.26. The maximum Gasteiger partial charge on any atom is 0.272 e. The van der Waals surface area contributed by atoms with Crippen LogP contribution in [0.2, 0.25) is 5.02 Å². The number of amides is 2. The molecule has 1 heterocycles. The lowest BCUT2D eigenvalue weighted by atomic mass is 10.1. The van der Waals surface area contributed by atoms with Crippen LogP contribution in [-0.4, -0.2) is 17.1 Å². The maximum atomic E-state index is 13.1.